The van der Waals surface area contributed by atoms with Crippen molar-refractivity contribution in [3.8, 4) is 0 Å². The number of esters is 2. The second-order valence-corrected chi connectivity index (χ2v) is 8.92. The van der Waals surface area contributed by atoms with E-state index in [1.54, 1.807) is 18.2 Å². The molecule has 1 aliphatic rings. The standard InChI is InChI=1S/C27H31FN2O7/c1-18(37-19(2)31)23(24(32)35-3)29-25(33)27(16-21-11-7-12-22(28)15-21)13-8-14-30(27)26(34)36-17-20-9-5-4-6-10-20/h4-7,9-12,15,18,23H,8,13-14,16-17H2,1-3H3,(H,29,33). The fraction of sp³-hybridized carbons (Fsp3) is 0.407. The molecule has 0 spiro atoms. The van der Waals surface area contributed by atoms with Gasteiger partial charge >= 0.3 is 18.0 Å². The number of nitrogens with zero attached hydrogens (tertiary/aromatic N) is 1. The monoisotopic (exact) mass is 514 g/mol. The molecule has 0 bridgehead atoms. The van der Waals surface area contributed by atoms with E-state index in [1.165, 1.54) is 36.9 Å². The van der Waals surface area contributed by atoms with Crippen LogP contribution in [-0.2, 0) is 41.6 Å². The molecule has 2 aromatic rings. The SMILES string of the molecule is COC(=O)C(NC(=O)C1(Cc2cccc(F)c2)CCCN1C(=O)OCc1ccccc1)C(C)OC(C)=O. The minimum Gasteiger partial charge on any atom is -0.467 e. The molecule has 10 heteroatoms. The Morgan fingerprint density at radius 1 is 1.08 bits per heavy atom. The summed E-state index contributed by atoms with van der Waals surface area (Å²) >= 11 is 0. The van der Waals surface area contributed by atoms with Gasteiger partial charge in [0, 0.05) is 19.9 Å². The molecule has 2 amide bonds. The van der Waals surface area contributed by atoms with E-state index in [1.807, 2.05) is 18.2 Å². The van der Waals surface area contributed by atoms with E-state index >= 15 is 0 Å². The van der Waals surface area contributed by atoms with Gasteiger partial charge < -0.3 is 19.5 Å². The summed E-state index contributed by atoms with van der Waals surface area (Å²) in [6, 6.07) is 13.5. The van der Waals surface area contributed by atoms with Crippen molar-refractivity contribution in [1.29, 1.82) is 0 Å². The van der Waals surface area contributed by atoms with Crippen molar-refractivity contribution in [2.75, 3.05) is 13.7 Å². The zero-order valence-corrected chi connectivity index (χ0v) is 21.1. The number of amides is 2. The molecule has 3 rings (SSSR count). The normalized spacial score (nSPS) is 18.4. The van der Waals surface area contributed by atoms with Crippen LogP contribution in [0.5, 0.6) is 0 Å². The zero-order valence-electron chi connectivity index (χ0n) is 21.1. The lowest BCUT2D eigenvalue weighted by molar-refractivity contribution is -0.157. The van der Waals surface area contributed by atoms with Gasteiger partial charge in [0.05, 0.1) is 7.11 Å². The molecule has 9 nitrogen and oxygen atoms in total. The Labute approximate surface area is 214 Å². The van der Waals surface area contributed by atoms with E-state index in [-0.39, 0.29) is 26.0 Å². The van der Waals surface area contributed by atoms with E-state index in [0.29, 0.717) is 12.0 Å². The topological polar surface area (TPSA) is 111 Å². The lowest BCUT2D eigenvalue weighted by Gasteiger charge is -2.38. The summed E-state index contributed by atoms with van der Waals surface area (Å²) < 4.78 is 29.5. The number of hydrogen-bond donors (Lipinski definition) is 1. The van der Waals surface area contributed by atoms with Crippen LogP contribution in [0.4, 0.5) is 9.18 Å². The molecule has 0 saturated carbocycles. The Balaban J connectivity index is 1.92. The van der Waals surface area contributed by atoms with Gasteiger partial charge in [0.25, 0.3) is 0 Å². The summed E-state index contributed by atoms with van der Waals surface area (Å²) in [4.78, 5) is 52.4. The van der Waals surface area contributed by atoms with Crippen molar-refractivity contribution < 1.29 is 37.8 Å². The number of carbonyl (C=O) groups excluding carboxylic acids is 4. The summed E-state index contributed by atoms with van der Waals surface area (Å²) in [6.07, 6.45) is -1.06. The third kappa shape index (κ3) is 6.84. The molecular weight excluding hydrogens is 483 g/mol. The number of nitrogens with one attached hydrogen (secondary N) is 1. The fourth-order valence-corrected chi connectivity index (χ4v) is 4.53. The molecule has 0 aliphatic carbocycles. The van der Waals surface area contributed by atoms with Crippen LogP contribution in [0.25, 0.3) is 0 Å². The molecule has 1 aliphatic heterocycles. The van der Waals surface area contributed by atoms with Crippen LogP contribution in [0.1, 0.15) is 37.8 Å². The Morgan fingerprint density at radius 3 is 2.43 bits per heavy atom. The Bertz CT molecular complexity index is 1130. The molecule has 1 fully saturated rings. The summed E-state index contributed by atoms with van der Waals surface area (Å²) in [5, 5.41) is 2.62. The molecular formula is C27H31FN2O7. The van der Waals surface area contributed by atoms with Crippen LogP contribution >= 0.6 is 0 Å². The average molecular weight is 515 g/mol. The molecule has 1 N–H and O–H groups in total. The van der Waals surface area contributed by atoms with Crippen LogP contribution in [0.3, 0.4) is 0 Å². The maximum absolute atomic E-state index is 14.0. The highest BCUT2D eigenvalue weighted by Crippen LogP contribution is 2.34. The smallest absolute Gasteiger partial charge is 0.411 e. The molecule has 3 unspecified atom stereocenters. The molecule has 0 radical (unpaired) electrons. The predicted molar refractivity (Wildman–Crippen MR) is 131 cm³/mol. The molecule has 198 valence electrons. The summed E-state index contributed by atoms with van der Waals surface area (Å²) in [5.74, 6) is -2.61. The van der Waals surface area contributed by atoms with Gasteiger partial charge in [-0.05, 0) is 43.0 Å². The Morgan fingerprint density at radius 2 is 1.78 bits per heavy atom. The number of halogens is 1. The van der Waals surface area contributed by atoms with Crippen LogP contribution < -0.4 is 5.32 Å². The second kappa shape index (κ2) is 12.3. The van der Waals surface area contributed by atoms with Crippen molar-refractivity contribution in [2.45, 2.75) is 57.4 Å². The zero-order chi connectivity index (χ0) is 27.0. The van der Waals surface area contributed by atoms with Crippen LogP contribution in [0.15, 0.2) is 54.6 Å². The highest BCUT2D eigenvalue weighted by molar-refractivity contribution is 5.94. The van der Waals surface area contributed by atoms with Crippen molar-refractivity contribution >= 4 is 23.9 Å². The summed E-state index contributed by atoms with van der Waals surface area (Å²) in [7, 11) is 1.15. The number of methoxy groups -OCH3 is 1. The van der Waals surface area contributed by atoms with Gasteiger partial charge in [-0.15, -0.1) is 0 Å². The molecule has 3 atom stereocenters. The van der Waals surface area contributed by atoms with E-state index in [2.05, 4.69) is 5.32 Å². The second-order valence-electron chi connectivity index (χ2n) is 8.92. The number of hydrogen-bond acceptors (Lipinski definition) is 7. The van der Waals surface area contributed by atoms with Crippen molar-refractivity contribution in [2.24, 2.45) is 0 Å². The van der Waals surface area contributed by atoms with Gasteiger partial charge in [-0.25, -0.2) is 14.0 Å². The maximum atomic E-state index is 14.0. The minimum atomic E-state index is -1.48. The Kier molecular flexibility index (Phi) is 9.21. The van der Waals surface area contributed by atoms with Crippen molar-refractivity contribution in [1.82, 2.24) is 10.2 Å². The summed E-state index contributed by atoms with van der Waals surface area (Å²) in [6.45, 7) is 2.85. The molecule has 2 aromatic carbocycles. The van der Waals surface area contributed by atoms with Gasteiger partial charge in [-0.1, -0.05) is 42.5 Å². The van der Waals surface area contributed by atoms with Gasteiger partial charge in [-0.3, -0.25) is 14.5 Å². The van der Waals surface area contributed by atoms with E-state index in [9.17, 15) is 23.6 Å². The van der Waals surface area contributed by atoms with Crippen molar-refractivity contribution in [3.63, 3.8) is 0 Å². The molecule has 1 saturated heterocycles. The van der Waals surface area contributed by atoms with Crippen molar-refractivity contribution in [3.05, 3.63) is 71.5 Å². The molecule has 1 heterocycles. The largest absolute Gasteiger partial charge is 0.467 e. The molecule has 0 aromatic heterocycles. The quantitative estimate of drug-likeness (QED) is 0.404. The van der Waals surface area contributed by atoms with Crippen LogP contribution in [0, 0.1) is 5.82 Å². The maximum Gasteiger partial charge on any atom is 0.411 e. The highest BCUT2D eigenvalue weighted by Gasteiger charge is 2.51. The average Bonchev–Trinajstić information content (AvgIpc) is 3.30. The van der Waals surface area contributed by atoms with E-state index in [4.69, 9.17) is 14.2 Å². The van der Waals surface area contributed by atoms with Gasteiger partial charge in [0.15, 0.2) is 6.04 Å². The third-order valence-electron chi connectivity index (χ3n) is 6.29. The summed E-state index contributed by atoms with van der Waals surface area (Å²) in [5.41, 5.74) is -0.221. The lowest BCUT2D eigenvalue weighted by atomic mass is 9.86. The van der Waals surface area contributed by atoms with Gasteiger partial charge in [0.2, 0.25) is 5.91 Å². The van der Waals surface area contributed by atoms with E-state index in [0.717, 1.165) is 12.7 Å². The number of rotatable bonds is 9. The fourth-order valence-electron chi connectivity index (χ4n) is 4.53. The lowest BCUT2D eigenvalue weighted by Crippen LogP contribution is -2.62. The first-order valence-electron chi connectivity index (χ1n) is 11.9. The van der Waals surface area contributed by atoms with Crippen LogP contribution in [-0.4, -0.2) is 60.2 Å². The van der Waals surface area contributed by atoms with E-state index < -0.39 is 47.4 Å². The van der Waals surface area contributed by atoms with Crippen LogP contribution in [0.2, 0.25) is 0 Å². The highest BCUT2D eigenvalue weighted by atomic mass is 19.1. The first kappa shape index (κ1) is 27.6. The van der Waals surface area contributed by atoms with Gasteiger partial charge in [0.1, 0.15) is 24.1 Å². The first-order valence-corrected chi connectivity index (χ1v) is 11.9. The number of carbonyl (C=O) groups is 4. The van der Waals surface area contributed by atoms with Gasteiger partial charge in [-0.2, -0.15) is 0 Å². The predicted octanol–water partition coefficient (Wildman–Crippen LogP) is 3.15. The number of ether oxygens (including phenoxy) is 3. The third-order valence-corrected chi connectivity index (χ3v) is 6.29. The first-order chi connectivity index (χ1) is 17.7. The number of benzene rings is 2. The number of likely N-dealkylation sites (tertiary alicyclic amines) is 1. The molecule has 37 heavy (non-hydrogen) atoms. The Hall–Kier alpha value is -3.95. The minimum absolute atomic E-state index is 0.00209.